The summed E-state index contributed by atoms with van der Waals surface area (Å²) in [7, 11) is 0. The number of hydrogen-bond acceptors (Lipinski definition) is 9. The minimum absolute atomic E-state index is 0.00453. The van der Waals surface area contributed by atoms with Gasteiger partial charge in [0.05, 0.1) is 22.1 Å². The molecule has 0 aliphatic heterocycles. The molecule has 6 aromatic carbocycles. The SMILES string of the molecule is C#Cc1ccc(NC(=NNc2ccc(Cl)cc2)C(=O)C(C)(C)CC(CC(C)(C)C(=O)C(=NNc2ccc(Cl)cc2)Nc2ccc(Cl)c(F)c2)C(C)(C)C(=O)C(=NNc2ccc(Cl)cc2)Nc2ccc(Br)cc2)cc1. The average Bonchev–Trinajstić information content (AvgIpc) is 3.37. The first-order chi connectivity index (χ1) is 35.0. The number of carbonyl (C=O) groups excluding carboxylic acids is 3. The quantitative estimate of drug-likeness (QED) is 0.0189. The highest BCUT2D eigenvalue weighted by Crippen LogP contribution is 2.45. The second kappa shape index (κ2) is 25.0. The van der Waals surface area contributed by atoms with Gasteiger partial charge < -0.3 is 16.0 Å². The molecule has 0 saturated carbocycles. The van der Waals surface area contributed by atoms with Crippen molar-refractivity contribution in [1.29, 1.82) is 0 Å². The Balaban J connectivity index is 1.44. The monoisotopic (exact) mass is 1140 g/mol. The van der Waals surface area contributed by atoms with Crippen molar-refractivity contribution in [1.82, 2.24) is 0 Å². The van der Waals surface area contributed by atoms with Crippen LogP contribution in [0.25, 0.3) is 0 Å². The van der Waals surface area contributed by atoms with E-state index in [4.69, 9.17) is 52.8 Å². The molecule has 74 heavy (non-hydrogen) atoms. The first-order valence-electron chi connectivity index (χ1n) is 23.0. The minimum Gasteiger partial charge on any atom is -0.336 e. The van der Waals surface area contributed by atoms with E-state index >= 15 is 14.4 Å². The number of anilines is 6. The number of terminal acetylenes is 1. The van der Waals surface area contributed by atoms with Crippen LogP contribution in [0.3, 0.4) is 0 Å². The molecule has 6 aromatic rings. The molecule has 0 radical (unpaired) electrons. The predicted octanol–water partition coefficient (Wildman–Crippen LogP) is 15.3. The third-order valence-electron chi connectivity index (χ3n) is 12.0. The molecule has 0 amide bonds. The average molecular weight is 1140 g/mol. The molecule has 0 heterocycles. The number of nitrogens with zero attached hydrogens (tertiary/aromatic N) is 3. The van der Waals surface area contributed by atoms with Crippen LogP contribution in [0.5, 0.6) is 0 Å². The summed E-state index contributed by atoms with van der Waals surface area (Å²) in [6, 6.07) is 38.4. The van der Waals surface area contributed by atoms with E-state index in [1.807, 2.05) is 12.1 Å². The fraction of sp³-hybridized carbons (Fsp3) is 0.214. The van der Waals surface area contributed by atoms with Crippen molar-refractivity contribution in [3.63, 3.8) is 0 Å². The van der Waals surface area contributed by atoms with Gasteiger partial charge in [-0.05, 0) is 158 Å². The maximum absolute atomic E-state index is 15.5. The zero-order valence-corrected chi connectivity index (χ0v) is 45.8. The van der Waals surface area contributed by atoms with Crippen LogP contribution in [-0.4, -0.2) is 34.9 Å². The Morgan fingerprint density at radius 3 is 1.24 bits per heavy atom. The topological polar surface area (TPSA) is 160 Å². The third-order valence-corrected chi connectivity index (χ3v) is 13.6. The van der Waals surface area contributed by atoms with Crippen molar-refractivity contribution in [2.75, 3.05) is 32.2 Å². The summed E-state index contributed by atoms with van der Waals surface area (Å²) >= 11 is 28.0. The van der Waals surface area contributed by atoms with E-state index in [-0.39, 0.29) is 41.1 Å². The molecule has 1 unspecified atom stereocenters. The van der Waals surface area contributed by atoms with Crippen LogP contribution in [0.15, 0.2) is 159 Å². The number of amidine groups is 3. The molecule has 18 heteroatoms. The Bertz CT molecular complexity index is 3110. The number of Topliss-reactive ketones (excluding diaryl/α,β-unsaturated/α-hetero) is 3. The lowest BCUT2D eigenvalue weighted by molar-refractivity contribution is -0.130. The molecule has 0 saturated heterocycles. The Labute approximate surface area is 459 Å². The van der Waals surface area contributed by atoms with E-state index < -0.39 is 45.3 Å². The maximum Gasteiger partial charge on any atom is 0.205 e. The van der Waals surface area contributed by atoms with E-state index in [1.54, 1.807) is 151 Å². The van der Waals surface area contributed by atoms with Crippen LogP contribution in [0.1, 0.15) is 59.9 Å². The van der Waals surface area contributed by atoms with Crippen LogP contribution >= 0.6 is 62.3 Å². The molecule has 0 aliphatic carbocycles. The van der Waals surface area contributed by atoms with Gasteiger partial charge in [-0.3, -0.25) is 30.7 Å². The number of carbonyl (C=O) groups is 3. The molecule has 12 nitrogen and oxygen atoms in total. The Morgan fingerprint density at radius 2 is 0.865 bits per heavy atom. The molecule has 0 fully saturated rings. The number of ketones is 3. The summed E-state index contributed by atoms with van der Waals surface area (Å²) in [5, 5.41) is 24.5. The molecule has 1 atom stereocenters. The smallest absolute Gasteiger partial charge is 0.205 e. The van der Waals surface area contributed by atoms with Gasteiger partial charge in [-0.25, -0.2) is 4.39 Å². The number of rotatable bonds is 20. The van der Waals surface area contributed by atoms with Gasteiger partial charge in [-0.15, -0.1) is 6.42 Å². The van der Waals surface area contributed by atoms with Crippen molar-refractivity contribution in [3.8, 4) is 12.3 Å². The summed E-state index contributed by atoms with van der Waals surface area (Å²) < 4.78 is 15.7. The zero-order chi connectivity index (χ0) is 53.8. The highest BCUT2D eigenvalue weighted by Gasteiger charge is 2.48. The van der Waals surface area contributed by atoms with Crippen LogP contribution < -0.4 is 32.2 Å². The number of benzene rings is 6. The normalized spacial score (nSPS) is 12.8. The van der Waals surface area contributed by atoms with Gasteiger partial charge in [-0.1, -0.05) is 110 Å². The summed E-state index contributed by atoms with van der Waals surface area (Å²) in [5.74, 6) is -0.574. The Morgan fingerprint density at radius 1 is 0.527 bits per heavy atom. The molecular formula is C56H53BrCl4FN9O3. The molecule has 6 N–H and O–H groups in total. The lowest BCUT2D eigenvalue weighted by Gasteiger charge is -2.41. The van der Waals surface area contributed by atoms with E-state index in [2.05, 4.69) is 69.4 Å². The fourth-order valence-corrected chi connectivity index (χ4v) is 8.40. The van der Waals surface area contributed by atoms with Gasteiger partial charge in [0, 0.05) is 58.4 Å². The largest absolute Gasteiger partial charge is 0.336 e. The van der Waals surface area contributed by atoms with Crippen LogP contribution in [-0.2, 0) is 14.4 Å². The lowest BCUT2D eigenvalue weighted by atomic mass is 9.61. The second-order valence-corrected chi connectivity index (χ2v) is 21.7. The third kappa shape index (κ3) is 15.6. The summed E-state index contributed by atoms with van der Waals surface area (Å²) in [5.41, 5.74) is 8.38. The maximum atomic E-state index is 15.5. The van der Waals surface area contributed by atoms with E-state index in [0.29, 0.717) is 49.1 Å². The predicted molar refractivity (Wildman–Crippen MR) is 307 cm³/mol. The van der Waals surface area contributed by atoms with Crippen molar-refractivity contribution in [2.24, 2.45) is 37.5 Å². The Kier molecular flexibility index (Phi) is 19.1. The molecule has 0 aromatic heterocycles. The van der Waals surface area contributed by atoms with Crippen LogP contribution in [0, 0.1) is 40.3 Å². The Hall–Kier alpha value is -6.73. The van der Waals surface area contributed by atoms with Crippen LogP contribution in [0.2, 0.25) is 20.1 Å². The first-order valence-corrected chi connectivity index (χ1v) is 25.3. The highest BCUT2D eigenvalue weighted by molar-refractivity contribution is 9.10. The molecule has 0 spiro atoms. The summed E-state index contributed by atoms with van der Waals surface area (Å²) in [6.07, 6.45) is 5.67. The molecule has 0 aliphatic rings. The number of hydrogen-bond donors (Lipinski definition) is 6. The van der Waals surface area contributed by atoms with E-state index in [9.17, 15) is 4.39 Å². The highest BCUT2D eigenvalue weighted by atomic mass is 79.9. The standard InChI is InChI=1S/C56H53BrCl4FN9O3/c1-8-34-9-19-40(20-10-34)63-51(69-66-42-23-13-37(58)14-24-42)48(72)54(2,3)32-35(56(6,7)50(74)53(64-41-21-11-36(57)12-22-41)71-68-44-27-17-39(60)18-28-44)33-55(4,5)49(73)52(65-45-29-30-46(61)47(62)31-45)70-67-43-25-15-38(59)16-26-43/h1,9-31,35,66-68H,32-33H2,2-7H3,(H,63,69)(H,64,71)(H,65,70). The van der Waals surface area contributed by atoms with Crippen molar-refractivity contribution >= 4 is 131 Å². The van der Waals surface area contributed by atoms with Crippen molar-refractivity contribution < 1.29 is 18.8 Å². The molecule has 382 valence electrons. The first kappa shape index (κ1) is 56.6. The van der Waals surface area contributed by atoms with Crippen molar-refractivity contribution in [2.45, 2.75) is 54.4 Å². The van der Waals surface area contributed by atoms with Crippen LogP contribution in [0.4, 0.5) is 38.5 Å². The number of nitrogens with one attached hydrogen (secondary N) is 6. The van der Waals surface area contributed by atoms with E-state index in [0.717, 1.165) is 10.5 Å². The minimum atomic E-state index is -1.39. The molecule has 0 bridgehead atoms. The van der Waals surface area contributed by atoms with Gasteiger partial charge in [-0.2, -0.15) is 15.3 Å². The molecule has 6 rings (SSSR count). The molecular weight excluding hydrogens is 1090 g/mol. The number of hydrazone groups is 3. The fourth-order valence-electron chi connectivity index (χ4n) is 7.64. The van der Waals surface area contributed by atoms with Crippen molar-refractivity contribution in [3.05, 3.63) is 175 Å². The van der Waals surface area contributed by atoms with Gasteiger partial charge in [0.1, 0.15) is 5.82 Å². The summed E-state index contributed by atoms with van der Waals surface area (Å²) in [4.78, 5) is 45.9. The second-order valence-electron chi connectivity index (χ2n) is 19.1. The number of halogens is 6. The lowest BCUT2D eigenvalue weighted by Crippen LogP contribution is -2.47. The van der Waals surface area contributed by atoms with Gasteiger partial charge in [0.25, 0.3) is 0 Å². The summed E-state index contributed by atoms with van der Waals surface area (Å²) in [6.45, 7) is 10.5. The van der Waals surface area contributed by atoms with Gasteiger partial charge >= 0.3 is 0 Å². The van der Waals surface area contributed by atoms with Gasteiger partial charge in [0.15, 0.2) is 17.5 Å². The zero-order valence-electron chi connectivity index (χ0n) is 41.2. The van der Waals surface area contributed by atoms with E-state index in [1.165, 1.54) is 12.1 Å². The van der Waals surface area contributed by atoms with Gasteiger partial charge in [0.2, 0.25) is 17.3 Å².